The van der Waals surface area contributed by atoms with Crippen molar-refractivity contribution in [3.63, 3.8) is 0 Å². The summed E-state index contributed by atoms with van der Waals surface area (Å²) in [6.07, 6.45) is 0. The van der Waals surface area contributed by atoms with Gasteiger partial charge in [0.2, 0.25) is 0 Å². The smallest absolute Gasteiger partial charge is 0.331 e. The molecule has 8 heteroatoms. The zero-order chi connectivity index (χ0) is 25.1. The van der Waals surface area contributed by atoms with Gasteiger partial charge in [-0.1, -0.05) is 48.5 Å². The van der Waals surface area contributed by atoms with Crippen LogP contribution in [0.3, 0.4) is 0 Å². The van der Waals surface area contributed by atoms with Crippen molar-refractivity contribution in [1.82, 2.24) is 13.7 Å². The number of anilines is 1. The van der Waals surface area contributed by atoms with Crippen LogP contribution in [0.4, 0.5) is 5.69 Å². The van der Waals surface area contributed by atoms with E-state index in [2.05, 4.69) is 9.88 Å². The molecule has 3 aromatic carbocycles. The summed E-state index contributed by atoms with van der Waals surface area (Å²) in [6, 6.07) is 22.3. The van der Waals surface area contributed by atoms with E-state index in [1.807, 2.05) is 60.7 Å². The second-order valence-electron chi connectivity index (χ2n) is 8.89. The van der Waals surface area contributed by atoms with E-state index < -0.39 is 11.7 Å². The zero-order valence-electron chi connectivity index (χ0n) is 20.0. The van der Waals surface area contributed by atoms with Crippen LogP contribution in [-0.4, -0.2) is 25.9 Å². The molecule has 0 bridgehead atoms. The molecule has 2 N–H and O–H groups in total. The van der Waals surface area contributed by atoms with Crippen molar-refractivity contribution in [2.45, 2.75) is 6.04 Å². The molecule has 180 valence electrons. The van der Waals surface area contributed by atoms with Gasteiger partial charge in [-0.15, -0.1) is 0 Å². The molecule has 0 fully saturated rings. The SMILES string of the molecule is COc1cc([C@@H]2Nc3ccccc3-n3c(-c4ccccc4)c4c(=O)n(C)c(=O)n(C)c4c32)ccc1O. The first-order chi connectivity index (χ1) is 17.4. The average Bonchev–Trinajstić information content (AvgIpc) is 3.28. The summed E-state index contributed by atoms with van der Waals surface area (Å²) >= 11 is 0. The highest BCUT2D eigenvalue weighted by Crippen LogP contribution is 2.46. The number of nitrogens with zero attached hydrogens (tertiary/aromatic N) is 3. The van der Waals surface area contributed by atoms with Crippen LogP contribution in [0, 0.1) is 0 Å². The third-order valence-electron chi connectivity index (χ3n) is 6.91. The van der Waals surface area contributed by atoms with E-state index in [-0.39, 0.29) is 11.3 Å². The predicted octanol–water partition coefficient (Wildman–Crippen LogP) is 3.92. The molecule has 36 heavy (non-hydrogen) atoms. The van der Waals surface area contributed by atoms with Crippen LogP contribution in [0.25, 0.3) is 27.8 Å². The van der Waals surface area contributed by atoms with Gasteiger partial charge in [0, 0.05) is 14.1 Å². The van der Waals surface area contributed by atoms with Gasteiger partial charge in [0.1, 0.15) is 0 Å². The van der Waals surface area contributed by atoms with E-state index in [9.17, 15) is 14.7 Å². The molecule has 0 radical (unpaired) electrons. The molecule has 0 unspecified atom stereocenters. The van der Waals surface area contributed by atoms with Crippen molar-refractivity contribution < 1.29 is 9.84 Å². The minimum Gasteiger partial charge on any atom is -0.504 e. The van der Waals surface area contributed by atoms with Crippen LogP contribution in [0.5, 0.6) is 11.5 Å². The second kappa shape index (κ2) is 7.91. The first-order valence-electron chi connectivity index (χ1n) is 11.5. The molecule has 0 saturated carbocycles. The quantitative estimate of drug-likeness (QED) is 0.409. The summed E-state index contributed by atoms with van der Waals surface area (Å²) in [5.41, 5.74) is 4.71. The fourth-order valence-electron chi connectivity index (χ4n) is 5.21. The van der Waals surface area contributed by atoms with Crippen LogP contribution in [0.15, 0.2) is 82.4 Å². The first kappa shape index (κ1) is 21.8. The number of methoxy groups -OCH3 is 1. The molecule has 3 heterocycles. The third kappa shape index (κ3) is 2.94. The largest absolute Gasteiger partial charge is 0.504 e. The number of aromatic nitrogens is 3. The number of para-hydroxylation sites is 2. The Bertz CT molecular complexity index is 1780. The van der Waals surface area contributed by atoms with Gasteiger partial charge in [-0.25, -0.2) is 4.79 Å². The molecule has 1 atom stereocenters. The van der Waals surface area contributed by atoms with Gasteiger partial charge in [0.05, 0.1) is 46.8 Å². The number of rotatable bonds is 3. The summed E-state index contributed by atoms with van der Waals surface area (Å²) in [4.78, 5) is 26.8. The molecule has 8 nitrogen and oxygen atoms in total. The van der Waals surface area contributed by atoms with Crippen LogP contribution in [0.1, 0.15) is 17.3 Å². The summed E-state index contributed by atoms with van der Waals surface area (Å²) in [5, 5.41) is 14.3. The molecule has 0 saturated heterocycles. The number of ether oxygens (including phenoxy) is 1. The predicted molar refractivity (Wildman–Crippen MR) is 139 cm³/mol. The van der Waals surface area contributed by atoms with Gasteiger partial charge in [0.25, 0.3) is 5.56 Å². The summed E-state index contributed by atoms with van der Waals surface area (Å²) in [7, 11) is 4.69. The van der Waals surface area contributed by atoms with Gasteiger partial charge in [-0.2, -0.15) is 0 Å². The first-order valence-corrected chi connectivity index (χ1v) is 11.5. The summed E-state index contributed by atoms with van der Waals surface area (Å²) < 4.78 is 10.1. The lowest BCUT2D eigenvalue weighted by atomic mass is 9.99. The molecular weight excluding hydrogens is 456 g/mol. The van der Waals surface area contributed by atoms with E-state index in [1.54, 1.807) is 19.2 Å². The Balaban J connectivity index is 1.84. The number of hydrogen-bond donors (Lipinski definition) is 2. The maximum absolute atomic E-state index is 13.7. The van der Waals surface area contributed by atoms with Crippen LogP contribution >= 0.6 is 0 Å². The van der Waals surface area contributed by atoms with Crippen molar-refractivity contribution in [1.29, 1.82) is 0 Å². The highest BCUT2D eigenvalue weighted by atomic mass is 16.5. The fourth-order valence-corrected chi connectivity index (χ4v) is 5.21. The standard InChI is InChI=1S/C28H24N4O4/c1-30-25-22(27(34)31(2)28(30)35)24(16-9-5-4-6-10-16)32-19-12-8-7-11-18(19)29-23(26(25)32)17-13-14-20(33)21(15-17)36-3/h4-15,23,29,33H,1-3H3/t23-/m0/s1. The molecule has 2 aromatic heterocycles. The van der Waals surface area contributed by atoms with E-state index in [0.717, 1.165) is 38.5 Å². The highest BCUT2D eigenvalue weighted by Gasteiger charge is 2.35. The van der Waals surface area contributed by atoms with Gasteiger partial charge < -0.3 is 19.7 Å². The third-order valence-corrected chi connectivity index (χ3v) is 6.91. The number of aryl methyl sites for hydroxylation is 1. The fraction of sp³-hybridized carbons (Fsp3) is 0.143. The Morgan fingerprint density at radius 3 is 2.39 bits per heavy atom. The minimum absolute atomic E-state index is 0.0314. The van der Waals surface area contributed by atoms with Crippen molar-refractivity contribution in [3.05, 3.63) is 105 Å². The molecule has 0 aliphatic carbocycles. The Morgan fingerprint density at radius 1 is 0.917 bits per heavy atom. The lowest BCUT2D eigenvalue weighted by molar-refractivity contribution is 0.373. The highest BCUT2D eigenvalue weighted by molar-refractivity contribution is 5.99. The molecule has 5 aromatic rings. The summed E-state index contributed by atoms with van der Waals surface area (Å²) in [5.74, 6) is 0.368. The number of benzene rings is 3. The second-order valence-corrected chi connectivity index (χ2v) is 8.89. The lowest BCUT2D eigenvalue weighted by Gasteiger charge is -2.31. The van der Waals surface area contributed by atoms with Crippen LogP contribution in [-0.2, 0) is 14.1 Å². The maximum atomic E-state index is 13.7. The number of aromatic hydroxyl groups is 1. The van der Waals surface area contributed by atoms with Crippen molar-refractivity contribution in [2.24, 2.45) is 14.1 Å². The number of nitrogens with one attached hydrogen (secondary N) is 1. The Labute approximate surface area is 206 Å². The Hall–Kier alpha value is -4.72. The van der Waals surface area contributed by atoms with Crippen molar-refractivity contribution in [2.75, 3.05) is 12.4 Å². The van der Waals surface area contributed by atoms with Gasteiger partial charge in [0.15, 0.2) is 11.5 Å². The molecule has 1 aliphatic rings. The van der Waals surface area contributed by atoms with Crippen molar-refractivity contribution in [3.8, 4) is 28.4 Å². The average molecular weight is 481 g/mol. The van der Waals surface area contributed by atoms with Crippen molar-refractivity contribution >= 4 is 16.6 Å². The number of hydrogen-bond acceptors (Lipinski definition) is 5. The normalized spacial score (nSPS) is 14.2. The van der Waals surface area contributed by atoms with Gasteiger partial charge in [-0.05, 0) is 35.4 Å². The van der Waals surface area contributed by atoms with Crippen LogP contribution < -0.4 is 21.3 Å². The Morgan fingerprint density at radius 2 is 1.64 bits per heavy atom. The zero-order valence-corrected chi connectivity index (χ0v) is 20.0. The number of fused-ring (bicyclic) bond motifs is 5. The number of phenolic OH excluding ortho intramolecular Hbond substituents is 1. The van der Waals surface area contributed by atoms with E-state index in [0.29, 0.717) is 16.7 Å². The minimum atomic E-state index is -0.438. The summed E-state index contributed by atoms with van der Waals surface area (Å²) in [6.45, 7) is 0. The maximum Gasteiger partial charge on any atom is 0.331 e. The molecule has 0 spiro atoms. The Kier molecular flexibility index (Phi) is 4.79. The van der Waals surface area contributed by atoms with E-state index >= 15 is 0 Å². The number of phenols is 1. The molecule has 6 rings (SSSR count). The van der Waals surface area contributed by atoms with E-state index in [1.165, 1.54) is 18.7 Å². The molecular formula is C28H24N4O4. The van der Waals surface area contributed by atoms with Gasteiger partial charge in [-0.3, -0.25) is 13.9 Å². The van der Waals surface area contributed by atoms with Gasteiger partial charge >= 0.3 is 5.69 Å². The molecule has 0 amide bonds. The van der Waals surface area contributed by atoms with E-state index in [4.69, 9.17) is 4.74 Å². The van der Waals surface area contributed by atoms with Crippen LogP contribution in [0.2, 0.25) is 0 Å². The topological polar surface area (TPSA) is 90.4 Å². The monoisotopic (exact) mass is 480 g/mol. The molecule has 1 aliphatic heterocycles. The lowest BCUT2D eigenvalue weighted by Crippen LogP contribution is -2.37.